The van der Waals surface area contributed by atoms with Crippen LogP contribution in [0.3, 0.4) is 0 Å². The molecule has 0 bridgehead atoms. The molecule has 1 saturated heterocycles. The van der Waals surface area contributed by atoms with Crippen molar-refractivity contribution in [2.24, 2.45) is 0 Å². The number of amides is 1. The topological polar surface area (TPSA) is 59.4 Å². The molecule has 4 heterocycles. The first-order chi connectivity index (χ1) is 12.4. The van der Waals surface area contributed by atoms with Crippen LogP contribution in [0.5, 0.6) is 0 Å². The van der Waals surface area contributed by atoms with Gasteiger partial charge in [0.05, 0.1) is 25.5 Å². The number of hydrogen-bond donors (Lipinski definition) is 1. The van der Waals surface area contributed by atoms with Crippen LogP contribution in [0.2, 0.25) is 0 Å². The van der Waals surface area contributed by atoms with Crippen LogP contribution in [0, 0.1) is 0 Å². The molecule has 4 rings (SSSR count). The molecule has 2 unspecified atom stereocenters. The Morgan fingerprint density at radius 1 is 1.35 bits per heavy atom. The molecular formula is C16H17F3N4O2S. The normalized spacial score (nSPS) is 23.4. The van der Waals surface area contributed by atoms with E-state index in [9.17, 15) is 18.0 Å². The SMILES string of the molecule is O=C(c1cnn2c1NC(c1cccs1)CC2C(F)(F)F)N1CCOCC1. The van der Waals surface area contributed by atoms with Gasteiger partial charge < -0.3 is 15.0 Å². The van der Waals surface area contributed by atoms with E-state index in [0.717, 1.165) is 9.56 Å². The smallest absolute Gasteiger partial charge is 0.378 e. The quantitative estimate of drug-likeness (QED) is 0.862. The highest BCUT2D eigenvalue weighted by Crippen LogP contribution is 2.45. The fourth-order valence-corrected chi connectivity index (χ4v) is 4.12. The Hall–Kier alpha value is -2.07. The Labute approximate surface area is 151 Å². The van der Waals surface area contributed by atoms with E-state index in [2.05, 4.69) is 10.4 Å². The summed E-state index contributed by atoms with van der Waals surface area (Å²) in [5.74, 6) is -0.191. The number of nitrogens with zero attached hydrogens (tertiary/aromatic N) is 3. The van der Waals surface area contributed by atoms with Crippen molar-refractivity contribution in [3.63, 3.8) is 0 Å². The molecule has 0 aliphatic carbocycles. The van der Waals surface area contributed by atoms with Crippen molar-refractivity contribution in [3.8, 4) is 0 Å². The van der Waals surface area contributed by atoms with Crippen molar-refractivity contribution >= 4 is 23.1 Å². The predicted octanol–water partition coefficient (Wildman–Crippen LogP) is 3.08. The molecule has 140 valence electrons. The summed E-state index contributed by atoms with van der Waals surface area (Å²) in [7, 11) is 0. The molecule has 0 spiro atoms. The monoisotopic (exact) mass is 386 g/mol. The van der Waals surface area contributed by atoms with Crippen molar-refractivity contribution < 1.29 is 22.7 Å². The van der Waals surface area contributed by atoms with Crippen LogP contribution in [0.25, 0.3) is 0 Å². The van der Waals surface area contributed by atoms with Crippen LogP contribution in [0.15, 0.2) is 23.7 Å². The molecule has 1 N–H and O–H groups in total. The third-order valence-electron chi connectivity index (χ3n) is 4.65. The van der Waals surface area contributed by atoms with Crippen molar-refractivity contribution in [3.05, 3.63) is 34.2 Å². The van der Waals surface area contributed by atoms with Crippen LogP contribution in [0.4, 0.5) is 19.0 Å². The number of anilines is 1. The number of nitrogens with one attached hydrogen (secondary N) is 1. The Balaban J connectivity index is 1.70. The van der Waals surface area contributed by atoms with Gasteiger partial charge in [-0.1, -0.05) is 6.07 Å². The van der Waals surface area contributed by atoms with Crippen molar-refractivity contribution in [2.75, 3.05) is 31.6 Å². The van der Waals surface area contributed by atoms with Crippen LogP contribution < -0.4 is 5.32 Å². The number of hydrogen-bond acceptors (Lipinski definition) is 5. The van der Waals surface area contributed by atoms with Gasteiger partial charge in [-0.05, 0) is 11.4 Å². The summed E-state index contributed by atoms with van der Waals surface area (Å²) in [4.78, 5) is 15.2. The van der Waals surface area contributed by atoms with E-state index in [-0.39, 0.29) is 23.7 Å². The molecule has 2 aliphatic rings. The largest absolute Gasteiger partial charge is 0.410 e. The molecule has 2 aromatic heterocycles. The van der Waals surface area contributed by atoms with Crippen LogP contribution in [0.1, 0.15) is 33.7 Å². The average molecular weight is 386 g/mol. The van der Waals surface area contributed by atoms with Gasteiger partial charge in [0.25, 0.3) is 5.91 Å². The van der Waals surface area contributed by atoms with Crippen molar-refractivity contribution in [2.45, 2.75) is 24.7 Å². The summed E-state index contributed by atoms with van der Waals surface area (Å²) in [5.41, 5.74) is 0.169. The van der Waals surface area contributed by atoms with Crippen LogP contribution in [-0.4, -0.2) is 53.1 Å². The fourth-order valence-electron chi connectivity index (χ4n) is 3.33. The number of thiophene rings is 1. The van der Waals surface area contributed by atoms with Gasteiger partial charge in [-0.2, -0.15) is 18.3 Å². The van der Waals surface area contributed by atoms with E-state index in [0.29, 0.717) is 26.3 Å². The lowest BCUT2D eigenvalue weighted by Gasteiger charge is -2.34. The minimum Gasteiger partial charge on any atom is -0.378 e. The lowest BCUT2D eigenvalue weighted by Crippen LogP contribution is -2.41. The minimum absolute atomic E-state index is 0.133. The number of aromatic nitrogens is 2. The molecular weight excluding hydrogens is 369 g/mol. The van der Waals surface area contributed by atoms with E-state index in [1.54, 1.807) is 17.0 Å². The second-order valence-corrected chi connectivity index (χ2v) is 7.24. The van der Waals surface area contributed by atoms with E-state index in [1.165, 1.54) is 17.5 Å². The summed E-state index contributed by atoms with van der Waals surface area (Å²) in [6, 6.07) is 1.32. The first-order valence-corrected chi connectivity index (χ1v) is 9.14. The lowest BCUT2D eigenvalue weighted by atomic mass is 10.0. The molecule has 0 aromatic carbocycles. The number of alkyl halides is 3. The molecule has 1 amide bonds. The zero-order chi connectivity index (χ0) is 18.3. The summed E-state index contributed by atoms with van der Waals surface area (Å²) < 4.78 is 46.9. The molecule has 0 radical (unpaired) electrons. The maximum atomic E-state index is 13.6. The van der Waals surface area contributed by atoms with E-state index < -0.39 is 18.3 Å². The Kier molecular flexibility index (Phi) is 4.39. The highest BCUT2D eigenvalue weighted by molar-refractivity contribution is 7.10. The van der Waals surface area contributed by atoms with Gasteiger partial charge in [0.1, 0.15) is 11.4 Å². The van der Waals surface area contributed by atoms with Crippen molar-refractivity contribution in [1.82, 2.24) is 14.7 Å². The van der Waals surface area contributed by atoms with Gasteiger partial charge in [-0.3, -0.25) is 4.79 Å². The summed E-state index contributed by atoms with van der Waals surface area (Å²) >= 11 is 1.39. The Morgan fingerprint density at radius 2 is 2.12 bits per heavy atom. The molecule has 10 heteroatoms. The standard InChI is InChI=1S/C16H17F3N4O2S/c17-16(18,19)13-8-11(12-2-1-7-26-12)21-14-10(9-20-23(13)14)15(24)22-3-5-25-6-4-22/h1-2,7,9,11,13,21H,3-6,8H2. The number of halogens is 3. The molecule has 2 aromatic rings. The second-order valence-electron chi connectivity index (χ2n) is 6.26. The summed E-state index contributed by atoms with van der Waals surface area (Å²) in [6.45, 7) is 1.68. The van der Waals surface area contributed by atoms with Crippen LogP contribution >= 0.6 is 11.3 Å². The molecule has 6 nitrogen and oxygen atoms in total. The zero-order valence-electron chi connectivity index (χ0n) is 13.7. The van der Waals surface area contributed by atoms with Gasteiger partial charge >= 0.3 is 6.18 Å². The third kappa shape index (κ3) is 3.07. The first-order valence-electron chi connectivity index (χ1n) is 8.26. The predicted molar refractivity (Wildman–Crippen MR) is 89.3 cm³/mol. The minimum atomic E-state index is -4.45. The van der Waals surface area contributed by atoms with Gasteiger partial charge in [0.2, 0.25) is 0 Å². The van der Waals surface area contributed by atoms with E-state index in [1.807, 2.05) is 5.38 Å². The molecule has 1 fully saturated rings. The summed E-state index contributed by atoms with van der Waals surface area (Å²) in [5, 5.41) is 8.82. The zero-order valence-corrected chi connectivity index (χ0v) is 14.5. The van der Waals surface area contributed by atoms with Crippen molar-refractivity contribution in [1.29, 1.82) is 0 Å². The van der Waals surface area contributed by atoms with Gasteiger partial charge in [0, 0.05) is 24.4 Å². The third-order valence-corrected chi connectivity index (χ3v) is 5.64. The number of carbonyl (C=O) groups is 1. The number of fused-ring (bicyclic) bond motifs is 1. The number of rotatable bonds is 2. The highest BCUT2D eigenvalue weighted by atomic mass is 32.1. The lowest BCUT2D eigenvalue weighted by molar-refractivity contribution is -0.173. The fraction of sp³-hybridized carbons (Fsp3) is 0.500. The van der Waals surface area contributed by atoms with E-state index in [4.69, 9.17) is 4.74 Å². The number of carbonyl (C=O) groups excluding carboxylic acids is 1. The average Bonchev–Trinajstić information content (AvgIpc) is 3.30. The second kappa shape index (κ2) is 6.58. The molecule has 0 saturated carbocycles. The van der Waals surface area contributed by atoms with Gasteiger partial charge in [-0.15, -0.1) is 11.3 Å². The summed E-state index contributed by atoms with van der Waals surface area (Å²) in [6.07, 6.45) is -3.38. The maximum absolute atomic E-state index is 13.6. The molecule has 26 heavy (non-hydrogen) atoms. The van der Waals surface area contributed by atoms with Gasteiger partial charge in [-0.25, -0.2) is 4.68 Å². The number of morpholine rings is 1. The van der Waals surface area contributed by atoms with Gasteiger partial charge in [0.15, 0.2) is 6.04 Å². The molecule has 2 aliphatic heterocycles. The Bertz CT molecular complexity index is 784. The molecule has 2 atom stereocenters. The first kappa shape index (κ1) is 17.3. The Morgan fingerprint density at radius 3 is 2.77 bits per heavy atom. The highest BCUT2D eigenvalue weighted by Gasteiger charge is 2.47. The maximum Gasteiger partial charge on any atom is 0.410 e. The van der Waals surface area contributed by atoms with Crippen LogP contribution in [-0.2, 0) is 4.74 Å². The van der Waals surface area contributed by atoms with E-state index >= 15 is 0 Å². The number of ether oxygens (including phenoxy) is 1.